The van der Waals surface area contributed by atoms with E-state index in [1.807, 2.05) is 0 Å². The van der Waals surface area contributed by atoms with E-state index < -0.39 is 0 Å². The number of aliphatic hydroxyl groups is 1. The Labute approximate surface area is 123 Å². The predicted octanol–water partition coefficient (Wildman–Crippen LogP) is 2.05. The van der Waals surface area contributed by atoms with E-state index in [4.69, 9.17) is 9.47 Å². The van der Waals surface area contributed by atoms with E-state index in [-0.39, 0.29) is 12.2 Å². The standard InChI is InChI=1S/C16H31NO3/c1-16(2)6-3-8-17(9-7-16)12-14(18)13-20-15-4-10-19-11-5-15/h14-15,18H,3-13H2,1-2H3. The Morgan fingerprint density at radius 2 is 2.00 bits per heavy atom. The molecule has 2 saturated heterocycles. The lowest BCUT2D eigenvalue weighted by molar-refractivity contribution is -0.0640. The third-order valence-corrected chi connectivity index (χ3v) is 4.59. The molecule has 2 rings (SSSR count). The van der Waals surface area contributed by atoms with E-state index in [9.17, 15) is 5.11 Å². The summed E-state index contributed by atoms with van der Waals surface area (Å²) in [4.78, 5) is 2.40. The van der Waals surface area contributed by atoms with E-state index in [1.165, 1.54) is 19.3 Å². The minimum absolute atomic E-state index is 0.279. The maximum absolute atomic E-state index is 10.2. The molecule has 0 spiro atoms. The van der Waals surface area contributed by atoms with Crippen LogP contribution < -0.4 is 0 Å². The van der Waals surface area contributed by atoms with Gasteiger partial charge in [-0.15, -0.1) is 0 Å². The van der Waals surface area contributed by atoms with Crippen molar-refractivity contribution >= 4 is 0 Å². The number of ether oxygens (including phenoxy) is 2. The van der Waals surface area contributed by atoms with Crippen LogP contribution in [-0.2, 0) is 9.47 Å². The smallest absolute Gasteiger partial charge is 0.0900 e. The Morgan fingerprint density at radius 1 is 1.25 bits per heavy atom. The van der Waals surface area contributed by atoms with Gasteiger partial charge in [0, 0.05) is 19.8 Å². The first kappa shape index (κ1) is 16.2. The second-order valence-electron chi connectivity index (χ2n) is 7.12. The van der Waals surface area contributed by atoms with Gasteiger partial charge in [-0.3, -0.25) is 0 Å². The van der Waals surface area contributed by atoms with Crippen molar-refractivity contribution in [2.24, 2.45) is 5.41 Å². The zero-order chi connectivity index (χ0) is 14.4. The first-order valence-electron chi connectivity index (χ1n) is 8.15. The predicted molar refractivity (Wildman–Crippen MR) is 79.9 cm³/mol. The van der Waals surface area contributed by atoms with Crippen molar-refractivity contribution in [3.63, 3.8) is 0 Å². The molecule has 0 aliphatic carbocycles. The lowest BCUT2D eigenvalue weighted by Crippen LogP contribution is -2.37. The van der Waals surface area contributed by atoms with Gasteiger partial charge in [-0.25, -0.2) is 0 Å². The molecule has 0 radical (unpaired) electrons. The van der Waals surface area contributed by atoms with Crippen LogP contribution in [0.3, 0.4) is 0 Å². The van der Waals surface area contributed by atoms with Crippen molar-refractivity contribution < 1.29 is 14.6 Å². The summed E-state index contributed by atoms with van der Waals surface area (Å²) in [6.07, 6.45) is 5.59. The molecule has 2 heterocycles. The molecule has 1 atom stereocenters. The lowest BCUT2D eigenvalue weighted by Gasteiger charge is -2.27. The highest BCUT2D eigenvalue weighted by Gasteiger charge is 2.24. The molecule has 0 aromatic carbocycles. The van der Waals surface area contributed by atoms with Gasteiger partial charge in [0.15, 0.2) is 0 Å². The van der Waals surface area contributed by atoms with Gasteiger partial charge in [0.1, 0.15) is 0 Å². The average Bonchev–Trinajstić information content (AvgIpc) is 2.59. The Morgan fingerprint density at radius 3 is 2.75 bits per heavy atom. The van der Waals surface area contributed by atoms with Crippen LogP contribution in [0.1, 0.15) is 46.0 Å². The molecule has 2 aliphatic rings. The number of aliphatic hydroxyl groups excluding tert-OH is 1. The summed E-state index contributed by atoms with van der Waals surface area (Å²) in [5, 5.41) is 10.2. The van der Waals surface area contributed by atoms with Gasteiger partial charge in [-0.05, 0) is 50.6 Å². The number of β-amino-alcohol motifs (C(OH)–C–C–N with tert-alkyl or cyclic N) is 1. The van der Waals surface area contributed by atoms with Crippen molar-refractivity contribution in [3.8, 4) is 0 Å². The Kier molecular flexibility index (Phi) is 6.27. The normalized spacial score (nSPS) is 27.1. The number of likely N-dealkylation sites (tertiary alicyclic amines) is 1. The molecule has 0 aromatic heterocycles. The average molecular weight is 285 g/mol. The molecule has 1 unspecified atom stereocenters. The molecule has 0 saturated carbocycles. The van der Waals surface area contributed by atoms with Crippen molar-refractivity contribution in [1.29, 1.82) is 0 Å². The second-order valence-corrected chi connectivity index (χ2v) is 7.12. The summed E-state index contributed by atoms with van der Waals surface area (Å²) >= 11 is 0. The molecule has 0 aromatic rings. The first-order valence-corrected chi connectivity index (χ1v) is 8.15. The van der Waals surface area contributed by atoms with Gasteiger partial charge in [-0.1, -0.05) is 13.8 Å². The summed E-state index contributed by atoms with van der Waals surface area (Å²) in [7, 11) is 0. The van der Waals surface area contributed by atoms with Crippen LogP contribution in [0.2, 0.25) is 0 Å². The number of rotatable bonds is 5. The van der Waals surface area contributed by atoms with Crippen molar-refractivity contribution in [1.82, 2.24) is 4.90 Å². The summed E-state index contributed by atoms with van der Waals surface area (Å²) < 4.78 is 11.1. The lowest BCUT2D eigenvalue weighted by atomic mass is 9.85. The maximum Gasteiger partial charge on any atom is 0.0900 e. The minimum Gasteiger partial charge on any atom is -0.389 e. The highest BCUT2D eigenvalue weighted by Crippen LogP contribution is 2.29. The molecule has 1 N–H and O–H groups in total. The summed E-state index contributed by atoms with van der Waals surface area (Å²) in [6, 6.07) is 0. The first-order chi connectivity index (χ1) is 9.55. The van der Waals surface area contributed by atoms with Crippen LogP contribution in [0, 0.1) is 5.41 Å². The highest BCUT2D eigenvalue weighted by atomic mass is 16.5. The van der Waals surface area contributed by atoms with Gasteiger partial charge in [0.05, 0.1) is 18.8 Å². The molecule has 2 aliphatic heterocycles. The minimum atomic E-state index is -0.362. The van der Waals surface area contributed by atoms with E-state index in [1.54, 1.807) is 0 Å². The molecule has 0 amide bonds. The Bertz CT molecular complexity index is 277. The zero-order valence-electron chi connectivity index (χ0n) is 13.1. The summed E-state index contributed by atoms with van der Waals surface area (Å²) in [5.41, 5.74) is 0.457. The van der Waals surface area contributed by atoms with Crippen molar-refractivity contribution in [2.75, 3.05) is 39.5 Å². The van der Waals surface area contributed by atoms with E-state index in [2.05, 4.69) is 18.7 Å². The molecule has 20 heavy (non-hydrogen) atoms. The van der Waals surface area contributed by atoms with Crippen LogP contribution in [0.4, 0.5) is 0 Å². The third-order valence-electron chi connectivity index (χ3n) is 4.59. The van der Waals surface area contributed by atoms with Gasteiger partial charge in [0.2, 0.25) is 0 Å². The van der Waals surface area contributed by atoms with Gasteiger partial charge < -0.3 is 19.5 Å². The molecule has 4 nitrogen and oxygen atoms in total. The number of hydrogen-bond donors (Lipinski definition) is 1. The largest absolute Gasteiger partial charge is 0.389 e. The fraction of sp³-hybridized carbons (Fsp3) is 1.00. The fourth-order valence-corrected chi connectivity index (χ4v) is 3.10. The number of nitrogens with zero attached hydrogens (tertiary/aromatic N) is 1. The topological polar surface area (TPSA) is 41.9 Å². The van der Waals surface area contributed by atoms with E-state index >= 15 is 0 Å². The molecule has 2 fully saturated rings. The maximum atomic E-state index is 10.2. The SMILES string of the molecule is CC1(C)CCCN(CC(O)COC2CCOCC2)CC1. The van der Waals surface area contributed by atoms with Crippen LogP contribution >= 0.6 is 0 Å². The van der Waals surface area contributed by atoms with Gasteiger partial charge >= 0.3 is 0 Å². The quantitative estimate of drug-likeness (QED) is 0.839. The third kappa shape index (κ3) is 5.68. The monoisotopic (exact) mass is 285 g/mol. The highest BCUT2D eigenvalue weighted by molar-refractivity contribution is 4.77. The van der Waals surface area contributed by atoms with E-state index in [0.29, 0.717) is 12.0 Å². The van der Waals surface area contributed by atoms with Crippen molar-refractivity contribution in [2.45, 2.75) is 58.2 Å². The van der Waals surface area contributed by atoms with Crippen LogP contribution in [0.25, 0.3) is 0 Å². The molecular weight excluding hydrogens is 254 g/mol. The Balaban J connectivity index is 1.64. The Hall–Kier alpha value is -0.160. The summed E-state index contributed by atoms with van der Waals surface area (Å²) in [5.74, 6) is 0. The van der Waals surface area contributed by atoms with E-state index in [0.717, 1.165) is 45.7 Å². The number of hydrogen-bond acceptors (Lipinski definition) is 4. The fourth-order valence-electron chi connectivity index (χ4n) is 3.10. The molecular formula is C16H31NO3. The van der Waals surface area contributed by atoms with Crippen molar-refractivity contribution in [3.05, 3.63) is 0 Å². The van der Waals surface area contributed by atoms with Crippen LogP contribution in [-0.4, -0.2) is 61.7 Å². The summed E-state index contributed by atoms with van der Waals surface area (Å²) in [6.45, 7) is 9.70. The molecule has 4 heteroatoms. The van der Waals surface area contributed by atoms with Crippen LogP contribution in [0.15, 0.2) is 0 Å². The second kappa shape index (κ2) is 7.74. The molecule has 0 bridgehead atoms. The zero-order valence-corrected chi connectivity index (χ0v) is 13.1. The molecule has 118 valence electrons. The van der Waals surface area contributed by atoms with Gasteiger partial charge in [-0.2, -0.15) is 0 Å². The van der Waals surface area contributed by atoms with Crippen LogP contribution in [0.5, 0.6) is 0 Å². The van der Waals surface area contributed by atoms with Gasteiger partial charge in [0.25, 0.3) is 0 Å².